The lowest BCUT2D eigenvalue weighted by atomic mass is 10.2. The van der Waals surface area contributed by atoms with E-state index in [0.717, 1.165) is 5.56 Å². The van der Waals surface area contributed by atoms with Crippen LogP contribution in [0.5, 0.6) is 0 Å². The Bertz CT molecular complexity index is 394. The van der Waals surface area contributed by atoms with Crippen molar-refractivity contribution in [3.8, 4) is 0 Å². The second-order valence-electron chi connectivity index (χ2n) is 2.66. The fraction of sp³-hybridized carbons (Fsp3) is 0.250. The average Bonchev–Trinajstić information content (AvgIpc) is 2.47. The van der Waals surface area contributed by atoms with E-state index in [1.54, 1.807) is 36.1 Å². The van der Waals surface area contributed by atoms with Crippen LogP contribution in [0.15, 0.2) is 24.7 Å². The number of nitrogens with zero attached hydrogens (tertiary/aromatic N) is 3. The first-order valence-corrected chi connectivity index (χ1v) is 3.75. The maximum Gasteiger partial charge on any atom is 0.160 e. The molecular formula is C8H9N3O. The highest BCUT2D eigenvalue weighted by atomic mass is 16.3. The van der Waals surface area contributed by atoms with Crippen molar-refractivity contribution in [2.75, 3.05) is 0 Å². The van der Waals surface area contributed by atoms with Crippen LogP contribution in [0, 0.1) is 0 Å². The smallest absolute Gasteiger partial charge is 0.160 e. The van der Waals surface area contributed by atoms with Crippen LogP contribution in [0.2, 0.25) is 0 Å². The molecule has 0 fully saturated rings. The summed E-state index contributed by atoms with van der Waals surface area (Å²) in [5.41, 5.74) is 1.48. The third-order valence-corrected chi connectivity index (χ3v) is 1.76. The van der Waals surface area contributed by atoms with Gasteiger partial charge in [0, 0.05) is 18.0 Å². The van der Waals surface area contributed by atoms with Crippen LogP contribution in [-0.2, 0) is 0 Å². The van der Waals surface area contributed by atoms with Gasteiger partial charge in [-0.3, -0.25) is 0 Å². The number of aromatic nitrogens is 3. The maximum atomic E-state index is 9.32. The molecule has 1 N–H and O–H groups in total. The lowest BCUT2D eigenvalue weighted by Gasteiger charge is -1.98. The lowest BCUT2D eigenvalue weighted by Crippen LogP contribution is -1.92. The monoisotopic (exact) mass is 163 g/mol. The SMILES string of the molecule is CC(O)c1cnn2cccnc12. The zero-order valence-corrected chi connectivity index (χ0v) is 6.68. The quantitative estimate of drug-likeness (QED) is 0.676. The van der Waals surface area contributed by atoms with Gasteiger partial charge in [0.15, 0.2) is 5.65 Å². The summed E-state index contributed by atoms with van der Waals surface area (Å²) in [5, 5.41) is 13.4. The van der Waals surface area contributed by atoms with E-state index in [1.165, 1.54) is 0 Å². The molecule has 0 saturated carbocycles. The van der Waals surface area contributed by atoms with Gasteiger partial charge in [-0.15, -0.1) is 0 Å². The molecule has 0 amide bonds. The van der Waals surface area contributed by atoms with Crippen molar-refractivity contribution in [3.63, 3.8) is 0 Å². The maximum absolute atomic E-state index is 9.32. The first-order valence-electron chi connectivity index (χ1n) is 3.75. The molecule has 0 aliphatic rings. The minimum atomic E-state index is -0.516. The second-order valence-corrected chi connectivity index (χ2v) is 2.66. The summed E-state index contributed by atoms with van der Waals surface area (Å²) in [7, 11) is 0. The Hall–Kier alpha value is -1.42. The fourth-order valence-electron chi connectivity index (χ4n) is 1.14. The third-order valence-electron chi connectivity index (χ3n) is 1.76. The van der Waals surface area contributed by atoms with E-state index in [-0.39, 0.29) is 0 Å². The van der Waals surface area contributed by atoms with E-state index in [9.17, 15) is 5.11 Å². The lowest BCUT2D eigenvalue weighted by molar-refractivity contribution is 0.200. The van der Waals surface area contributed by atoms with Gasteiger partial charge >= 0.3 is 0 Å². The summed E-state index contributed by atoms with van der Waals surface area (Å²) in [4.78, 5) is 4.10. The minimum absolute atomic E-state index is 0.516. The molecule has 2 aromatic rings. The molecule has 0 aliphatic heterocycles. The van der Waals surface area contributed by atoms with Gasteiger partial charge in [-0.25, -0.2) is 9.50 Å². The Morgan fingerprint density at radius 3 is 3.17 bits per heavy atom. The molecule has 4 nitrogen and oxygen atoms in total. The van der Waals surface area contributed by atoms with Crippen molar-refractivity contribution in [2.24, 2.45) is 0 Å². The van der Waals surface area contributed by atoms with E-state index in [1.807, 2.05) is 0 Å². The second kappa shape index (κ2) is 2.57. The zero-order chi connectivity index (χ0) is 8.55. The van der Waals surface area contributed by atoms with Gasteiger partial charge in [-0.1, -0.05) is 0 Å². The van der Waals surface area contributed by atoms with E-state index >= 15 is 0 Å². The Labute approximate surface area is 69.5 Å². The highest BCUT2D eigenvalue weighted by Gasteiger charge is 2.08. The average molecular weight is 163 g/mol. The topological polar surface area (TPSA) is 50.4 Å². The predicted molar refractivity (Wildman–Crippen MR) is 43.6 cm³/mol. The first-order chi connectivity index (χ1) is 5.79. The van der Waals surface area contributed by atoms with Crippen LogP contribution in [0.4, 0.5) is 0 Å². The van der Waals surface area contributed by atoms with Crippen LogP contribution >= 0.6 is 0 Å². The number of fused-ring (bicyclic) bond motifs is 1. The van der Waals surface area contributed by atoms with Crippen LogP contribution in [-0.4, -0.2) is 19.7 Å². The molecule has 0 spiro atoms. The van der Waals surface area contributed by atoms with Crippen LogP contribution in [0.1, 0.15) is 18.6 Å². The van der Waals surface area contributed by atoms with Crippen LogP contribution in [0.3, 0.4) is 0 Å². The van der Waals surface area contributed by atoms with E-state index in [0.29, 0.717) is 5.65 Å². The highest BCUT2D eigenvalue weighted by Crippen LogP contribution is 2.15. The van der Waals surface area contributed by atoms with Crippen molar-refractivity contribution in [1.29, 1.82) is 0 Å². The van der Waals surface area contributed by atoms with Gasteiger partial charge in [0.1, 0.15) is 0 Å². The standard InChI is InChI=1S/C8H9N3O/c1-6(12)7-5-10-11-4-2-3-9-8(7)11/h2-6,12H,1H3. The van der Waals surface area contributed by atoms with Crippen molar-refractivity contribution in [1.82, 2.24) is 14.6 Å². The van der Waals surface area contributed by atoms with E-state index in [2.05, 4.69) is 10.1 Å². The Morgan fingerprint density at radius 1 is 1.58 bits per heavy atom. The number of aliphatic hydroxyl groups excluding tert-OH is 1. The summed E-state index contributed by atoms with van der Waals surface area (Å²) in [6.45, 7) is 1.70. The van der Waals surface area contributed by atoms with Gasteiger partial charge < -0.3 is 5.11 Å². The first kappa shape index (κ1) is 7.24. The van der Waals surface area contributed by atoms with Crippen molar-refractivity contribution in [2.45, 2.75) is 13.0 Å². The molecule has 2 rings (SSSR count). The molecule has 62 valence electrons. The normalized spacial score (nSPS) is 13.5. The zero-order valence-electron chi connectivity index (χ0n) is 6.68. The van der Waals surface area contributed by atoms with Crippen molar-refractivity contribution in [3.05, 3.63) is 30.2 Å². The Balaban J connectivity index is 2.70. The molecule has 0 aromatic carbocycles. The Kier molecular flexibility index (Phi) is 1.55. The van der Waals surface area contributed by atoms with Crippen LogP contribution in [0.25, 0.3) is 5.65 Å². The van der Waals surface area contributed by atoms with Crippen molar-refractivity contribution < 1.29 is 5.11 Å². The van der Waals surface area contributed by atoms with Gasteiger partial charge in [-0.2, -0.15) is 5.10 Å². The number of hydrogen-bond donors (Lipinski definition) is 1. The van der Waals surface area contributed by atoms with E-state index in [4.69, 9.17) is 0 Å². The number of hydrogen-bond acceptors (Lipinski definition) is 3. The number of aliphatic hydroxyl groups is 1. The summed E-state index contributed by atoms with van der Waals surface area (Å²) >= 11 is 0. The van der Waals surface area contributed by atoms with Crippen molar-refractivity contribution >= 4 is 5.65 Å². The van der Waals surface area contributed by atoms with Gasteiger partial charge in [0.2, 0.25) is 0 Å². The summed E-state index contributed by atoms with van der Waals surface area (Å²) in [6.07, 6.45) is 4.60. The largest absolute Gasteiger partial charge is 0.389 e. The number of rotatable bonds is 1. The molecule has 2 heterocycles. The minimum Gasteiger partial charge on any atom is -0.389 e. The molecule has 0 radical (unpaired) electrons. The molecule has 1 atom stereocenters. The van der Waals surface area contributed by atoms with Gasteiger partial charge in [-0.05, 0) is 13.0 Å². The summed E-state index contributed by atoms with van der Waals surface area (Å²) < 4.78 is 1.64. The summed E-state index contributed by atoms with van der Waals surface area (Å²) in [6, 6.07) is 1.80. The third kappa shape index (κ3) is 0.967. The van der Waals surface area contributed by atoms with Gasteiger partial charge in [0.05, 0.1) is 12.3 Å². The molecule has 0 bridgehead atoms. The van der Waals surface area contributed by atoms with Gasteiger partial charge in [0.25, 0.3) is 0 Å². The molecule has 2 aromatic heterocycles. The fourth-order valence-corrected chi connectivity index (χ4v) is 1.14. The van der Waals surface area contributed by atoms with Crippen LogP contribution < -0.4 is 0 Å². The Morgan fingerprint density at radius 2 is 2.42 bits per heavy atom. The molecule has 4 heteroatoms. The molecule has 1 unspecified atom stereocenters. The molecule has 0 saturated heterocycles. The predicted octanol–water partition coefficient (Wildman–Crippen LogP) is 0.783. The molecular weight excluding hydrogens is 154 g/mol. The van der Waals surface area contributed by atoms with E-state index < -0.39 is 6.10 Å². The molecule has 0 aliphatic carbocycles. The molecule has 12 heavy (non-hydrogen) atoms. The summed E-state index contributed by atoms with van der Waals surface area (Å²) in [5.74, 6) is 0. The highest BCUT2D eigenvalue weighted by molar-refractivity contribution is 5.46.